The molecule has 0 saturated carbocycles. The number of furan rings is 1. The van der Waals surface area contributed by atoms with Crippen LogP contribution in [-0.2, 0) is 5.41 Å². The Morgan fingerprint density at radius 2 is 2.04 bits per heavy atom. The van der Waals surface area contributed by atoms with Crippen molar-refractivity contribution in [2.75, 3.05) is 13.2 Å². The summed E-state index contributed by atoms with van der Waals surface area (Å²) in [5.41, 5.74) is 1.01. The fraction of sp³-hybridized carbons (Fsp3) is 0.286. The maximum absolute atomic E-state index is 14.2. The lowest BCUT2D eigenvalue weighted by atomic mass is 9.71. The Morgan fingerprint density at radius 1 is 1.26 bits per heavy atom. The number of benzene rings is 2. The molecule has 0 spiro atoms. The van der Waals surface area contributed by atoms with Crippen LogP contribution in [0.4, 0.5) is 4.39 Å². The van der Waals surface area contributed by atoms with Crippen molar-refractivity contribution in [3.8, 4) is 5.75 Å². The van der Waals surface area contributed by atoms with Crippen molar-refractivity contribution in [2.24, 2.45) is 0 Å². The zero-order valence-electron chi connectivity index (χ0n) is 15.0. The van der Waals surface area contributed by atoms with Crippen molar-refractivity contribution < 1.29 is 28.6 Å². The van der Waals surface area contributed by atoms with Gasteiger partial charge in [-0.25, -0.2) is 4.39 Å². The molecule has 0 aliphatic heterocycles. The van der Waals surface area contributed by atoms with Crippen molar-refractivity contribution in [3.63, 3.8) is 0 Å². The predicted molar refractivity (Wildman–Crippen MR) is 96.8 cm³/mol. The Morgan fingerprint density at radius 3 is 2.78 bits per heavy atom. The molecule has 0 fully saturated rings. The van der Waals surface area contributed by atoms with Crippen LogP contribution in [0.5, 0.6) is 5.75 Å². The first-order valence-electron chi connectivity index (χ1n) is 8.67. The maximum atomic E-state index is 14.2. The molecule has 0 amide bonds. The van der Waals surface area contributed by atoms with Crippen molar-refractivity contribution in [1.29, 1.82) is 0 Å². The highest BCUT2D eigenvalue weighted by atomic mass is 19.1. The standard InChI is InChI=1S/C21H19FO5/c1-21(2)15-8-12(26-10-11(24)9-23)6-7-13(15)18(25)17-14-4-3-5-16(22)19(14)27-20(17)21/h3-8,11,23-24H,9-10H2,1-2H3/t11-/m1/s1. The number of carbonyl (C=O) groups is 1. The minimum absolute atomic E-state index is 0.0647. The molecule has 4 rings (SSSR count). The molecule has 3 aromatic rings. The Hall–Kier alpha value is -2.70. The number of hydrogen-bond donors (Lipinski definition) is 2. The van der Waals surface area contributed by atoms with Gasteiger partial charge >= 0.3 is 0 Å². The van der Waals surface area contributed by atoms with E-state index in [4.69, 9.17) is 14.3 Å². The van der Waals surface area contributed by atoms with Gasteiger partial charge in [-0.3, -0.25) is 4.79 Å². The van der Waals surface area contributed by atoms with Gasteiger partial charge in [-0.15, -0.1) is 0 Å². The molecule has 0 bridgehead atoms. The van der Waals surface area contributed by atoms with Gasteiger partial charge in [-0.2, -0.15) is 0 Å². The summed E-state index contributed by atoms with van der Waals surface area (Å²) in [5.74, 6) is 0.169. The van der Waals surface area contributed by atoms with E-state index >= 15 is 0 Å². The molecule has 2 N–H and O–H groups in total. The van der Waals surface area contributed by atoms with E-state index in [2.05, 4.69) is 0 Å². The number of fused-ring (bicyclic) bond motifs is 4. The number of ketones is 1. The lowest BCUT2D eigenvalue weighted by molar-refractivity contribution is 0.0535. The van der Waals surface area contributed by atoms with Crippen molar-refractivity contribution in [2.45, 2.75) is 25.4 Å². The number of para-hydroxylation sites is 1. The summed E-state index contributed by atoms with van der Waals surface area (Å²) in [7, 11) is 0. The Kier molecular flexibility index (Phi) is 4.05. The van der Waals surface area contributed by atoms with Crippen LogP contribution >= 0.6 is 0 Å². The van der Waals surface area contributed by atoms with Crippen LogP contribution in [0.25, 0.3) is 11.0 Å². The SMILES string of the molecule is CC1(C)c2cc(OC[C@H](O)CO)ccc2C(=O)c2c1oc1c(F)cccc21. The third-order valence-corrected chi connectivity index (χ3v) is 5.02. The molecular formula is C21H19FO5. The number of hydrogen-bond acceptors (Lipinski definition) is 5. The molecule has 1 aliphatic rings. The average molecular weight is 370 g/mol. The molecule has 1 aromatic heterocycles. The van der Waals surface area contributed by atoms with Gasteiger partial charge in [0.2, 0.25) is 0 Å². The lowest BCUT2D eigenvalue weighted by Crippen LogP contribution is -2.29. The third kappa shape index (κ3) is 2.64. The molecule has 2 aromatic carbocycles. The van der Waals surface area contributed by atoms with Crippen molar-refractivity contribution in [1.82, 2.24) is 0 Å². The molecular weight excluding hydrogens is 351 g/mol. The minimum Gasteiger partial charge on any atom is -0.491 e. The van der Waals surface area contributed by atoms with E-state index < -0.39 is 23.9 Å². The van der Waals surface area contributed by atoms with Crippen LogP contribution in [0.15, 0.2) is 40.8 Å². The number of rotatable bonds is 4. The molecule has 27 heavy (non-hydrogen) atoms. The molecule has 0 radical (unpaired) electrons. The Labute approximate surface area is 155 Å². The Bertz CT molecular complexity index is 1050. The zero-order chi connectivity index (χ0) is 19.3. The second-order valence-corrected chi connectivity index (χ2v) is 7.23. The molecule has 0 saturated heterocycles. The van der Waals surface area contributed by atoms with Crippen LogP contribution < -0.4 is 4.74 Å². The number of carbonyl (C=O) groups excluding carboxylic acids is 1. The predicted octanol–water partition coefficient (Wildman–Crippen LogP) is 3.17. The quantitative estimate of drug-likeness (QED) is 0.737. The van der Waals surface area contributed by atoms with E-state index in [-0.39, 0.29) is 18.0 Å². The number of halogens is 1. The molecule has 0 unspecified atom stereocenters. The van der Waals surface area contributed by atoms with Gasteiger partial charge in [0.1, 0.15) is 24.2 Å². The first-order chi connectivity index (χ1) is 12.8. The van der Waals surface area contributed by atoms with E-state index in [1.165, 1.54) is 6.07 Å². The summed E-state index contributed by atoms with van der Waals surface area (Å²) < 4.78 is 25.5. The largest absolute Gasteiger partial charge is 0.491 e. The van der Waals surface area contributed by atoms with Crippen LogP contribution in [0.1, 0.15) is 41.1 Å². The molecule has 5 nitrogen and oxygen atoms in total. The number of aliphatic hydroxyl groups is 2. The first kappa shape index (κ1) is 17.7. The minimum atomic E-state index is -0.986. The molecule has 6 heteroatoms. The van der Waals surface area contributed by atoms with Crippen molar-refractivity contribution >= 4 is 16.8 Å². The summed E-state index contributed by atoms with van der Waals surface area (Å²) >= 11 is 0. The zero-order valence-corrected chi connectivity index (χ0v) is 15.0. The summed E-state index contributed by atoms with van der Waals surface area (Å²) in [6.07, 6.45) is -0.986. The number of ether oxygens (including phenoxy) is 1. The second-order valence-electron chi connectivity index (χ2n) is 7.23. The van der Waals surface area contributed by atoms with E-state index in [9.17, 15) is 14.3 Å². The van der Waals surface area contributed by atoms with Crippen LogP contribution in [0.3, 0.4) is 0 Å². The molecule has 1 heterocycles. The van der Waals surface area contributed by atoms with E-state index in [1.54, 1.807) is 30.3 Å². The average Bonchev–Trinajstić information content (AvgIpc) is 3.06. The molecule has 1 aliphatic carbocycles. The van der Waals surface area contributed by atoms with E-state index in [0.29, 0.717) is 33.6 Å². The lowest BCUT2D eigenvalue weighted by Gasteiger charge is -2.31. The smallest absolute Gasteiger partial charge is 0.197 e. The number of aliphatic hydroxyl groups excluding tert-OH is 2. The second kappa shape index (κ2) is 6.18. The van der Waals surface area contributed by atoms with E-state index in [1.807, 2.05) is 13.8 Å². The van der Waals surface area contributed by atoms with Gasteiger partial charge in [0.15, 0.2) is 17.2 Å². The van der Waals surface area contributed by atoms with Gasteiger partial charge in [-0.1, -0.05) is 12.1 Å². The fourth-order valence-electron chi connectivity index (χ4n) is 3.58. The highest BCUT2D eigenvalue weighted by molar-refractivity contribution is 6.19. The van der Waals surface area contributed by atoms with Gasteiger partial charge < -0.3 is 19.4 Å². The van der Waals surface area contributed by atoms with Crippen LogP contribution in [0.2, 0.25) is 0 Å². The van der Waals surface area contributed by atoms with Gasteiger partial charge in [-0.05, 0) is 43.7 Å². The summed E-state index contributed by atoms with van der Waals surface area (Å²) in [4.78, 5) is 13.1. The van der Waals surface area contributed by atoms with Crippen molar-refractivity contribution in [3.05, 3.63) is 64.7 Å². The summed E-state index contributed by atoms with van der Waals surface area (Å²) in [6, 6.07) is 9.59. The molecule has 1 atom stereocenters. The van der Waals surface area contributed by atoms with Gasteiger partial charge in [0.25, 0.3) is 0 Å². The summed E-state index contributed by atoms with van der Waals surface area (Å²) in [6.45, 7) is 3.35. The normalized spacial score (nSPS) is 16.1. The maximum Gasteiger partial charge on any atom is 0.197 e. The van der Waals surface area contributed by atoms with Crippen LogP contribution in [0, 0.1) is 5.82 Å². The first-order valence-corrected chi connectivity index (χ1v) is 8.67. The highest BCUT2D eigenvalue weighted by Crippen LogP contribution is 2.46. The van der Waals surface area contributed by atoms with Gasteiger partial charge in [0, 0.05) is 16.4 Å². The summed E-state index contributed by atoms with van der Waals surface area (Å²) in [5, 5.41) is 18.8. The fourth-order valence-corrected chi connectivity index (χ4v) is 3.58. The Balaban J connectivity index is 1.84. The topological polar surface area (TPSA) is 79.9 Å². The van der Waals surface area contributed by atoms with E-state index in [0.717, 1.165) is 0 Å². The highest BCUT2D eigenvalue weighted by Gasteiger charge is 2.42. The monoisotopic (exact) mass is 370 g/mol. The molecule has 140 valence electrons. The third-order valence-electron chi connectivity index (χ3n) is 5.02. The van der Waals surface area contributed by atoms with Crippen LogP contribution in [-0.4, -0.2) is 35.3 Å². The van der Waals surface area contributed by atoms with Gasteiger partial charge in [0.05, 0.1) is 12.2 Å².